The molecule has 1 fully saturated rings. The number of aryl methyl sites for hydroxylation is 3. The number of unbranched alkanes of at least 4 members (excludes halogenated alkanes) is 1. The number of ether oxygens (including phenoxy) is 1. The third kappa shape index (κ3) is 6.64. The summed E-state index contributed by atoms with van der Waals surface area (Å²) in [5.41, 5.74) is 4.97. The third-order valence-corrected chi connectivity index (χ3v) is 5.63. The second-order valence-corrected chi connectivity index (χ2v) is 8.26. The Morgan fingerprint density at radius 2 is 1.74 bits per heavy atom. The Hall–Kier alpha value is -2.70. The minimum absolute atomic E-state index is 0.118. The molecule has 2 aromatic carbocycles. The van der Waals surface area contributed by atoms with Crippen LogP contribution in [0.2, 0.25) is 0 Å². The summed E-state index contributed by atoms with van der Waals surface area (Å²) in [7, 11) is 0. The standard InChI is InChI=1S/C25H33N3O3/c1-18-15-19(2)23(20(3)16-18)27-25(30)24(29)26-11-7-8-12-28-13-14-31-22(17-28)21-9-5-4-6-10-21/h4-6,9-10,15-16,22H,7-8,11-14,17H2,1-3H3,(H,26,29)(H,27,30). The maximum Gasteiger partial charge on any atom is 0.313 e. The molecule has 6 nitrogen and oxygen atoms in total. The summed E-state index contributed by atoms with van der Waals surface area (Å²) >= 11 is 0. The summed E-state index contributed by atoms with van der Waals surface area (Å²) < 4.78 is 5.91. The lowest BCUT2D eigenvalue weighted by atomic mass is 10.1. The fourth-order valence-corrected chi connectivity index (χ4v) is 4.07. The van der Waals surface area contributed by atoms with E-state index in [1.165, 1.54) is 5.56 Å². The van der Waals surface area contributed by atoms with E-state index in [0.29, 0.717) is 12.2 Å². The van der Waals surface area contributed by atoms with Gasteiger partial charge in [0.15, 0.2) is 0 Å². The van der Waals surface area contributed by atoms with Crippen LogP contribution in [-0.4, -0.2) is 49.5 Å². The highest BCUT2D eigenvalue weighted by molar-refractivity contribution is 6.39. The van der Waals surface area contributed by atoms with Gasteiger partial charge in [0.25, 0.3) is 0 Å². The van der Waals surface area contributed by atoms with Gasteiger partial charge in [-0.15, -0.1) is 0 Å². The smallest absolute Gasteiger partial charge is 0.313 e. The summed E-state index contributed by atoms with van der Waals surface area (Å²) in [5, 5.41) is 5.48. The van der Waals surface area contributed by atoms with E-state index in [9.17, 15) is 9.59 Å². The van der Waals surface area contributed by atoms with Crippen LogP contribution in [0.5, 0.6) is 0 Å². The van der Waals surface area contributed by atoms with E-state index in [1.807, 2.05) is 51.1 Å². The van der Waals surface area contributed by atoms with Crippen LogP contribution in [0.15, 0.2) is 42.5 Å². The Bertz CT molecular complexity index is 875. The molecule has 2 aromatic rings. The Morgan fingerprint density at radius 3 is 2.45 bits per heavy atom. The molecule has 1 aliphatic heterocycles. The first-order valence-corrected chi connectivity index (χ1v) is 11.0. The zero-order valence-corrected chi connectivity index (χ0v) is 18.7. The second kappa shape index (κ2) is 11.1. The van der Waals surface area contributed by atoms with Crippen LogP contribution >= 0.6 is 0 Å². The second-order valence-electron chi connectivity index (χ2n) is 8.26. The number of carbonyl (C=O) groups is 2. The molecule has 2 N–H and O–H groups in total. The summed E-state index contributed by atoms with van der Waals surface area (Å²) in [6.45, 7) is 9.86. The van der Waals surface area contributed by atoms with E-state index in [4.69, 9.17) is 4.74 Å². The Balaban J connectivity index is 1.36. The average Bonchev–Trinajstić information content (AvgIpc) is 2.76. The van der Waals surface area contributed by atoms with Gasteiger partial charge in [-0.05, 0) is 56.8 Å². The van der Waals surface area contributed by atoms with Crippen molar-refractivity contribution in [3.05, 3.63) is 64.7 Å². The number of amides is 2. The van der Waals surface area contributed by atoms with E-state index in [0.717, 1.165) is 55.8 Å². The van der Waals surface area contributed by atoms with E-state index in [-0.39, 0.29) is 6.10 Å². The molecule has 0 aliphatic carbocycles. The first kappa shape index (κ1) is 23.0. The van der Waals surface area contributed by atoms with Gasteiger partial charge in [0.2, 0.25) is 0 Å². The fourth-order valence-electron chi connectivity index (χ4n) is 4.07. The number of hydrogen-bond acceptors (Lipinski definition) is 4. The average molecular weight is 424 g/mol. The predicted octanol–water partition coefficient (Wildman–Crippen LogP) is 3.52. The third-order valence-electron chi connectivity index (χ3n) is 5.63. The van der Waals surface area contributed by atoms with Crippen molar-refractivity contribution in [1.82, 2.24) is 10.2 Å². The van der Waals surface area contributed by atoms with Gasteiger partial charge in [0, 0.05) is 25.3 Å². The molecule has 1 aliphatic rings. The Kier molecular flexibility index (Phi) is 8.20. The molecule has 0 bridgehead atoms. The van der Waals surface area contributed by atoms with Crippen molar-refractivity contribution in [2.75, 3.05) is 38.1 Å². The highest BCUT2D eigenvalue weighted by Gasteiger charge is 2.21. The van der Waals surface area contributed by atoms with Crippen LogP contribution in [0.4, 0.5) is 5.69 Å². The Morgan fingerprint density at radius 1 is 1.03 bits per heavy atom. The van der Waals surface area contributed by atoms with Crippen molar-refractivity contribution in [2.24, 2.45) is 0 Å². The number of carbonyl (C=O) groups excluding carboxylic acids is 2. The van der Waals surface area contributed by atoms with Crippen LogP contribution in [0.25, 0.3) is 0 Å². The van der Waals surface area contributed by atoms with Crippen molar-refractivity contribution in [1.29, 1.82) is 0 Å². The highest BCUT2D eigenvalue weighted by Crippen LogP contribution is 2.23. The minimum Gasteiger partial charge on any atom is -0.371 e. The lowest BCUT2D eigenvalue weighted by Crippen LogP contribution is -2.39. The quantitative estimate of drug-likeness (QED) is 0.528. The zero-order chi connectivity index (χ0) is 22.2. The Labute approximate surface area is 185 Å². The summed E-state index contributed by atoms with van der Waals surface area (Å²) in [4.78, 5) is 26.8. The van der Waals surface area contributed by atoms with Crippen molar-refractivity contribution < 1.29 is 14.3 Å². The van der Waals surface area contributed by atoms with Crippen molar-refractivity contribution in [2.45, 2.75) is 39.7 Å². The lowest BCUT2D eigenvalue weighted by molar-refractivity contribution is -0.136. The predicted molar refractivity (Wildman–Crippen MR) is 123 cm³/mol. The lowest BCUT2D eigenvalue weighted by Gasteiger charge is -2.33. The molecule has 1 unspecified atom stereocenters. The summed E-state index contributed by atoms with van der Waals surface area (Å²) in [6.07, 6.45) is 1.90. The van der Waals surface area contributed by atoms with Gasteiger partial charge in [-0.3, -0.25) is 14.5 Å². The van der Waals surface area contributed by atoms with Gasteiger partial charge in [-0.2, -0.15) is 0 Å². The fraction of sp³-hybridized carbons (Fsp3) is 0.440. The van der Waals surface area contributed by atoms with Gasteiger partial charge in [-0.25, -0.2) is 0 Å². The van der Waals surface area contributed by atoms with E-state index in [1.54, 1.807) is 0 Å². The van der Waals surface area contributed by atoms with Crippen LogP contribution in [0, 0.1) is 20.8 Å². The SMILES string of the molecule is Cc1cc(C)c(NC(=O)C(=O)NCCCCN2CCOC(c3ccccc3)C2)c(C)c1. The molecule has 0 spiro atoms. The first-order valence-electron chi connectivity index (χ1n) is 11.0. The summed E-state index contributed by atoms with van der Waals surface area (Å²) in [6, 6.07) is 14.3. The molecular formula is C25H33N3O3. The normalized spacial score (nSPS) is 16.7. The molecule has 166 valence electrons. The largest absolute Gasteiger partial charge is 0.371 e. The number of morpholine rings is 1. The van der Waals surface area contributed by atoms with E-state index in [2.05, 4.69) is 27.7 Å². The molecule has 0 aromatic heterocycles. The zero-order valence-electron chi connectivity index (χ0n) is 18.7. The van der Waals surface area contributed by atoms with Gasteiger partial charge in [0.1, 0.15) is 0 Å². The van der Waals surface area contributed by atoms with Crippen molar-refractivity contribution >= 4 is 17.5 Å². The molecule has 6 heteroatoms. The molecule has 1 heterocycles. The number of rotatable bonds is 7. The number of anilines is 1. The van der Waals surface area contributed by atoms with Gasteiger partial charge >= 0.3 is 11.8 Å². The molecule has 31 heavy (non-hydrogen) atoms. The van der Waals surface area contributed by atoms with Gasteiger partial charge in [-0.1, -0.05) is 48.0 Å². The number of nitrogens with zero attached hydrogens (tertiary/aromatic N) is 1. The van der Waals surface area contributed by atoms with Gasteiger partial charge < -0.3 is 15.4 Å². The number of hydrogen-bond donors (Lipinski definition) is 2. The topological polar surface area (TPSA) is 70.7 Å². The number of nitrogens with one attached hydrogen (secondary N) is 2. The minimum atomic E-state index is -0.617. The maximum atomic E-state index is 12.2. The molecule has 2 amide bonds. The molecule has 0 radical (unpaired) electrons. The monoisotopic (exact) mass is 423 g/mol. The van der Waals surface area contributed by atoms with Crippen molar-refractivity contribution in [3.8, 4) is 0 Å². The molecule has 3 rings (SSSR count). The molecule has 1 atom stereocenters. The highest BCUT2D eigenvalue weighted by atomic mass is 16.5. The first-order chi connectivity index (χ1) is 14.9. The van der Waals surface area contributed by atoms with Crippen LogP contribution in [-0.2, 0) is 14.3 Å². The van der Waals surface area contributed by atoms with Crippen molar-refractivity contribution in [3.63, 3.8) is 0 Å². The van der Waals surface area contributed by atoms with E-state index < -0.39 is 11.8 Å². The molecule has 1 saturated heterocycles. The van der Waals surface area contributed by atoms with Crippen LogP contribution < -0.4 is 10.6 Å². The van der Waals surface area contributed by atoms with Crippen LogP contribution in [0.1, 0.15) is 41.2 Å². The molecular weight excluding hydrogens is 390 g/mol. The van der Waals surface area contributed by atoms with Crippen LogP contribution in [0.3, 0.4) is 0 Å². The van der Waals surface area contributed by atoms with Gasteiger partial charge in [0.05, 0.1) is 12.7 Å². The molecule has 0 saturated carbocycles. The summed E-state index contributed by atoms with van der Waals surface area (Å²) in [5.74, 6) is -1.20. The maximum absolute atomic E-state index is 12.2. The number of benzene rings is 2. The van der Waals surface area contributed by atoms with E-state index >= 15 is 0 Å².